The van der Waals surface area contributed by atoms with Crippen molar-refractivity contribution in [3.8, 4) is 11.5 Å². The van der Waals surface area contributed by atoms with Crippen LogP contribution in [0.1, 0.15) is 11.1 Å². The van der Waals surface area contributed by atoms with Gasteiger partial charge in [-0.3, -0.25) is 19.8 Å². The monoisotopic (exact) mass is 556 g/mol. The fourth-order valence-corrected chi connectivity index (χ4v) is 4.96. The number of rotatable bonds is 7. The van der Waals surface area contributed by atoms with E-state index in [4.69, 9.17) is 21.7 Å². The summed E-state index contributed by atoms with van der Waals surface area (Å²) in [5, 5.41) is 11.0. The number of benzene rings is 3. The van der Waals surface area contributed by atoms with Gasteiger partial charge in [-0.15, -0.1) is 0 Å². The number of thiocarbonyl (C=S) groups is 1. The Labute approximate surface area is 213 Å². The van der Waals surface area contributed by atoms with Gasteiger partial charge in [-0.2, -0.15) is 0 Å². The van der Waals surface area contributed by atoms with Gasteiger partial charge >= 0.3 is 0 Å². The first-order valence-corrected chi connectivity index (χ1v) is 11.9. The Kier molecular flexibility index (Phi) is 7.30. The Morgan fingerprint density at radius 3 is 2.65 bits per heavy atom. The molecule has 7 nitrogen and oxygen atoms in total. The van der Waals surface area contributed by atoms with E-state index >= 15 is 0 Å². The number of hydrogen-bond acceptors (Lipinski definition) is 7. The first-order chi connectivity index (χ1) is 16.4. The molecule has 1 fully saturated rings. The number of nitro groups is 1. The molecule has 172 valence electrons. The first kappa shape index (κ1) is 23.9. The average molecular weight is 557 g/mol. The lowest BCUT2D eigenvalue weighted by atomic mass is 10.1. The molecular weight excluding hydrogens is 540 g/mol. The summed E-state index contributed by atoms with van der Waals surface area (Å²) < 4.78 is 12.6. The number of methoxy groups -OCH3 is 1. The number of carbonyl (C=O) groups is 1. The molecule has 0 aromatic heterocycles. The standard InChI is InChI=1S/C24H17BrN2O5S2/c1-31-21-11-15(8-9-20(21)32-14-16-4-2-7-19(10-16)27(29)30)12-22-23(28)26(24(33)34-22)18-6-3-5-17(25)13-18/h2-13H,14H2,1H3/b22-12+. The SMILES string of the molecule is COc1cc(/C=C2/SC(=S)N(c3cccc(Br)c3)C2=O)ccc1OCc1cccc([N+](=O)[O-])c1. The highest BCUT2D eigenvalue weighted by atomic mass is 79.9. The second-order valence-corrected chi connectivity index (χ2v) is 9.71. The normalized spacial score (nSPS) is 14.5. The third kappa shape index (κ3) is 5.30. The lowest BCUT2D eigenvalue weighted by Crippen LogP contribution is -2.27. The largest absolute Gasteiger partial charge is 0.493 e. The van der Waals surface area contributed by atoms with Gasteiger partial charge in [0.1, 0.15) is 6.61 Å². The van der Waals surface area contributed by atoms with Gasteiger partial charge in [-0.25, -0.2) is 0 Å². The average Bonchev–Trinajstić information content (AvgIpc) is 3.10. The van der Waals surface area contributed by atoms with E-state index in [-0.39, 0.29) is 18.2 Å². The van der Waals surface area contributed by atoms with Crippen LogP contribution in [0.2, 0.25) is 0 Å². The fraction of sp³-hybridized carbons (Fsp3) is 0.0833. The van der Waals surface area contributed by atoms with Gasteiger partial charge in [-0.05, 0) is 47.5 Å². The Bertz CT molecular complexity index is 1330. The molecule has 0 radical (unpaired) electrons. The van der Waals surface area contributed by atoms with Crippen LogP contribution < -0.4 is 14.4 Å². The van der Waals surface area contributed by atoms with E-state index in [2.05, 4.69) is 15.9 Å². The lowest BCUT2D eigenvalue weighted by Gasteiger charge is -2.14. The van der Waals surface area contributed by atoms with Crippen LogP contribution in [0.25, 0.3) is 6.08 Å². The first-order valence-electron chi connectivity index (χ1n) is 9.93. The highest BCUT2D eigenvalue weighted by Gasteiger charge is 2.33. The summed E-state index contributed by atoms with van der Waals surface area (Å²) in [6.45, 7) is 0.142. The number of anilines is 1. The topological polar surface area (TPSA) is 81.9 Å². The summed E-state index contributed by atoms with van der Waals surface area (Å²) in [5.74, 6) is 0.757. The third-order valence-corrected chi connectivity index (χ3v) is 6.66. The number of nitrogens with zero attached hydrogens (tertiary/aromatic N) is 2. The van der Waals surface area contributed by atoms with Crippen molar-refractivity contribution in [3.63, 3.8) is 0 Å². The van der Waals surface area contributed by atoms with E-state index in [9.17, 15) is 14.9 Å². The maximum Gasteiger partial charge on any atom is 0.270 e. The van der Waals surface area contributed by atoms with Gasteiger partial charge in [0.15, 0.2) is 15.8 Å². The molecule has 0 unspecified atom stereocenters. The number of carbonyl (C=O) groups excluding carboxylic acids is 1. The zero-order valence-corrected chi connectivity index (χ0v) is 21.0. The molecule has 0 spiro atoms. The second-order valence-electron chi connectivity index (χ2n) is 7.12. The maximum absolute atomic E-state index is 13.0. The van der Waals surface area contributed by atoms with E-state index in [0.717, 1.165) is 10.0 Å². The van der Waals surface area contributed by atoms with Crippen LogP contribution in [-0.2, 0) is 11.4 Å². The molecule has 0 saturated carbocycles. The highest BCUT2D eigenvalue weighted by Crippen LogP contribution is 2.38. The van der Waals surface area contributed by atoms with Crippen molar-refractivity contribution in [1.29, 1.82) is 0 Å². The predicted octanol–water partition coefficient (Wildman–Crippen LogP) is 6.35. The molecule has 1 heterocycles. The Morgan fingerprint density at radius 1 is 1.12 bits per heavy atom. The summed E-state index contributed by atoms with van der Waals surface area (Å²) in [5.41, 5.74) is 2.11. The van der Waals surface area contributed by atoms with Gasteiger partial charge in [0.25, 0.3) is 11.6 Å². The highest BCUT2D eigenvalue weighted by molar-refractivity contribution is 9.10. The van der Waals surface area contributed by atoms with E-state index < -0.39 is 4.92 Å². The number of amides is 1. The van der Waals surface area contributed by atoms with Crippen LogP contribution in [0, 0.1) is 10.1 Å². The van der Waals surface area contributed by atoms with Gasteiger partial charge < -0.3 is 9.47 Å². The number of thioether (sulfide) groups is 1. The van der Waals surface area contributed by atoms with Crippen LogP contribution in [-0.4, -0.2) is 22.3 Å². The Hall–Kier alpha value is -3.21. The summed E-state index contributed by atoms with van der Waals surface area (Å²) in [7, 11) is 1.52. The van der Waals surface area contributed by atoms with Crippen molar-refractivity contribution < 1.29 is 19.2 Å². The van der Waals surface area contributed by atoms with Gasteiger partial charge in [0, 0.05) is 16.6 Å². The zero-order valence-electron chi connectivity index (χ0n) is 17.8. The molecule has 1 amide bonds. The summed E-state index contributed by atoms with van der Waals surface area (Å²) in [6.07, 6.45) is 1.75. The predicted molar refractivity (Wildman–Crippen MR) is 140 cm³/mol. The van der Waals surface area contributed by atoms with Crippen LogP contribution in [0.4, 0.5) is 11.4 Å². The van der Waals surface area contributed by atoms with Crippen molar-refractivity contribution in [1.82, 2.24) is 0 Å². The number of halogens is 1. The van der Waals surface area contributed by atoms with E-state index in [1.807, 2.05) is 24.3 Å². The van der Waals surface area contributed by atoms with Crippen LogP contribution in [0.5, 0.6) is 11.5 Å². The number of hydrogen-bond donors (Lipinski definition) is 0. The molecule has 0 atom stereocenters. The second kappa shape index (κ2) is 10.4. The van der Waals surface area contributed by atoms with E-state index in [1.54, 1.807) is 36.4 Å². The smallest absolute Gasteiger partial charge is 0.270 e. The molecular formula is C24H17BrN2O5S2. The Balaban J connectivity index is 1.52. The quantitative estimate of drug-likeness (QED) is 0.145. The summed E-state index contributed by atoms with van der Waals surface area (Å²) >= 11 is 10.1. The Morgan fingerprint density at radius 2 is 1.91 bits per heavy atom. The van der Waals surface area contributed by atoms with E-state index in [0.29, 0.717) is 32.0 Å². The van der Waals surface area contributed by atoms with E-state index in [1.165, 1.54) is 35.9 Å². The minimum Gasteiger partial charge on any atom is -0.493 e. The van der Waals surface area contributed by atoms with Crippen molar-refractivity contribution >= 4 is 67.6 Å². The molecule has 34 heavy (non-hydrogen) atoms. The molecule has 3 aromatic rings. The molecule has 0 bridgehead atoms. The van der Waals surface area contributed by atoms with Crippen LogP contribution >= 0.6 is 39.9 Å². The zero-order chi connectivity index (χ0) is 24.2. The molecule has 1 saturated heterocycles. The van der Waals surface area contributed by atoms with Crippen molar-refractivity contribution in [2.24, 2.45) is 0 Å². The molecule has 3 aromatic carbocycles. The van der Waals surface area contributed by atoms with Gasteiger partial charge in [-0.1, -0.05) is 64.2 Å². The number of non-ortho nitro benzene ring substituents is 1. The molecule has 1 aliphatic heterocycles. The number of nitro benzene ring substituents is 1. The molecule has 0 aliphatic carbocycles. The lowest BCUT2D eigenvalue weighted by molar-refractivity contribution is -0.384. The molecule has 1 aliphatic rings. The van der Waals surface area contributed by atoms with Crippen molar-refractivity contribution in [2.75, 3.05) is 12.0 Å². The fourth-order valence-electron chi connectivity index (χ4n) is 3.27. The molecule has 0 N–H and O–H groups in total. The molecule has 4 rings (SSSR count). The summed E-state index contributed by atoms with van der Waals surface area (Å²) in [6, 6.07) is 18.9. The van der Waals surface area contributed by atoms with Crippen molar-refractivity contribution in [2.45, 2.75) is 6.61 Å². The number of ether oxygens (including phenoxy) is 2. The minimum absolute atomic E-state index is 0.00332. The molecule has 10 heteroatoms. The van der Waals surface area contributed by atoms with Gasteiger partial charge in [0.2, 0.25) is 0 Å². The maximum atomic E-state index is 13.0. The van der Waals surface area contributed by atoms with Crippen molar-refractivity contribution in [3.05, 3.63) is 97.3 Å². The minimum atomic E-state index is -0.446. The third-order valence-electron chi connectivity index (χ3n) is 4.86. The summed E-state index contributed by atoms with van der Waals surface area (Å²) in [4.78, 5) is 25.5. The van der Waals surface area contributed by atoms with Gasteiger partial charge in [0.05, 0.1) is 22.6 Å². The van der Waals surface area contributed by atoms with Crippen LogP contribution in [0.3, 0.4) is 0 Å². The van der Waals surface area contributed by atoms with Crippen LogP contribution in [0.15, 0.2) is 76.1 Å².